The molecular weight excluding hydrogens is 374 g/mol. The van der Waals surface area contributed by atoms with Crippen LogP contribution in [0.1, 0.15) is 51.7 Å². The maximum Gasteiger partial charge on any atom is 0.408 e. The molecule has 0 aliphatic heterocycles. The third-order valence-electron chi connectivity index (χ3n) is 3.96. The molecule has 29 heavy (non-hydrogen) atoms. The van der Waals surface area contributed by atoms with Gasteiger partial charge in [-0.2, -0.15) is 0 Å². The van der Waals surface area contributed by atoms with E-state index in [1.165, 1.54) is 0 Å². The molecule has 1 aromatic carbocycles. The van der Waals surface area contributed by atoms with Crippen molar-refractivity contribution in [3.05, 3.63) is 29.3 Å². The summed E-state index contributed by atoms with van der Waals surface area (Å²) in [5.41, 5.74) is 6.49. The molecule has 8 nitrogen and oxygen atoms in total. The van der Waals surface area contributed by atoms with Gasteiger partial charge in [0.2, 0.25) is 11.8 Å². The number of carbonyl (C=O) groups excluding carboxylic acids is 3. The molecule has 0 saturated heterocycles. The average molecular weight is 408 g/mol. The molecule has 4 N–H and O–H groups in total. The minimum atomic E-state index is -0.944. The van der Waals surface area contributed by atoms with Crippen molar-refractivity contribution in [1.29, 1.82) is 0 Å². The van der Waals surface area contributed by atoms with Crippen molar-refractivity contribution in [2.75, 3.05) is 6.61 Å². The van der Waals surface area contributed by atoms with Crippen LogP contribution in [0.25, 0.3) is 0 Å². The lowest BCUT2D eigenvalue weighted by Gasteiger charge is -2.24. The molecule has 8 heteroatoms. The van der Waals surface area contributed by atoms with Gasteiger partial charge in [0.15, 0.2) is 0 Å². The Bertz CT molecular complexity index is 707. The summed E-state index contributed by atoms with van der Waals surface area (Å²) < 4.78 is 11.0. The van der Waals surface area contributed by atoms with E-state index in [1.807, 2.05) is 32.0 Å². The molecular formula is C21H33N3O5. The number of alkyl carbamates (subject to hydrolysis) is 1. The van der Waals surface area contributed by atoms with E-state index in [0.717, 1.165) is 16.9 Å². The van der Waals surface area contributed by atoms with Gasteiger partial charge < -0.3 is 25.8 Å². The minimum Gasteiger partial charge on any atom is -0.491 e. The van der Waals surface area contributed by atoms with Crippen LogP contribution in [0.15, 0.2) is 18.2 Å². The van der Waals surface area contributed by atoms with Gasteiger partial charge in [0.05, 0.1) is 6.04 Å². The molecule has 0 spiro atoms. The van der Waals surface area contributed by atoms with Crippen LogP contribution >= 0.6 is 0 Å². The Hall–Kier alpha value is -2.77. The van der Waals surface area contributed by atoms with Gasteiger partial charge in [-0.25, -0.2) is 4.79 Å². The van der Waals surface area contributed by atoms with Crippen LogP contribution in [0.4, 0.5) is 4.79 Å². The third kappa shape index (κ3) is 9.32. The summed E-state index contributed by atoms with van der Waals surface area (Å²) in [7, 11) is 0. The number of carbonyl (C=O) groups is 3. The van der Waals surface area contributed by atoms with E-state index in [1.54, 1.807) is 27.7 Å². The SMILES string of the molecule is Cc1cccc(C)c1OCC(C)NC(=O)[C@H](CCC(N)=O)NC(=O)OC(C)(C)C. The Morgan fingerprint density at radius 3 is 2.21 bits per heavy atom. The monoisotopic (exact) mass is 407 g/mol. The van der Waals surface area contributed by atoms with E-state index in [9.17, 15) is 14.4 Å². The van der Waals surface area contributed by atoms with Crippen LogP contribution in [-0.4, -0.2) is 42.2 Å². The first-order valence-electron chi connectivity index (χ1n) is 9.66. The highest BCUT2D eigenvalue weighted by atomic mass is 16.6. The molecule has 0 heterocycles. The summed E-state index contributed by atoms with van der Waals surface area (Å²) in [6.45, 7) is 11.1. The van der Waals surface area contributed by atoms with Crippen molar-refractivity contribution in [1.82, 2.24) is 10.6 Å². The molecule has 3 amide bonds. The lowest BCUT2D eigenvalue weighted by atomic mass is 10.1. The van der Waals surface area contributed by atoms with Crippen LogP contribution in [0.5, 0.6) is 5.75 Å². The largest absolute Gasteiger partial charge is 0.491 e. The topological polar surface area (TPSA) is 120 Å². The molecule has 0 aromatic heterocycles. The maximum atomic E-state index is 12.6. The molecule has 0 fully saturated rings. The number of nitrogens with two attached hydrogens (primary N) is 1. The van der Waals surface area contributed by atoms with Gasteiger partial charge in [-0.05, 0) is 59.1 Å². The minimum absolute atomic E-state index is 0.0405. The lowest BCUT2D eigenvalue weighted by molar-refractivity contribution is -0.124. The van der Waals surface area contributed by atoms with Crippen LogP contribution < -0.4 is 21.1 Å². The van der Waals surface area contributed by atoms with Crippen LogP contribution in [0.3, 0.4) is 0 Å². The van der Waals surface area contributed by atoms with E-state index in [-0.39, 0.29) is 25.5 Å². The van der Waals surface area contributed by atoms with E-state index in [0.29, 0.717) is 0 Å². The molecule has 0 bridgehead atoms. The summed E-state index contributed by atoms with van der Waals surface area (Å²) >= 11 is 0. The number of aryl methyl sites for hydroxylation is 2. The molecule has 1 rings (SSSR count). The molecule has 1 unspecified atom stereocenters. The Morgan fingerprint density at radius 2 is 1.69 bits per heavy atom. The van der Waals surface area contributed by atoms with Crippen molar-refractivity contribution < 1.29 is 23.9 Å². The molecule has 2 atom stereocenters. The van der Waals surface area contributed by atoms with E-state index >= 15 is 0 Å². The van der Waals surface area contributed by atoms with Crippen molar-refractivity contribution in [3.63, 3.8) is 0 Å². The number of nitrogens with one attached hydrogen (secondary N) is 2. The fourth-order valence-corrected chi connectivity index (χ4v) is 2.63. The van der Waals surface area contributed by atoms with Crippen LogP contribution in [0, 0.1) is 13.8 Å². The van der Waals surface area contributed by atoms with E-state index in [2.05, 4.69) is 10.6 Å². The molecule has 0 saturated carbocycles. The zero-order valence-corrected chi connectivity index (χ0v) is 18.1. The number of benzene rings is 1. The standard InChI is InChI=1S/C21H33N3O5/c1-13-8-7-9-14(2)18(13)28-12-15(3)23-19(26)16(10-11-17(22)25)24-20(27)29-21(4,5)6/h7-9,15-16H,10-12H2,1-6H3,(H2,22,25)(H,23,26)(H,24,27)/t15?,16-/m0/s1. The number of para-hydroxylation sites is 1. The number of rotatable bonds is 9. The summed E-state index contributed by atoms with van der Waals surface area (Å²) in [6, 6.07) is 4.60. The number of ether oxygens (including phenoxy) is 2. The van der Waals surface area contributed by atoms with E-state index < -0.39 is 29.6 Å². The second-order valence-corrected chi connectivity index (χ2v) is 8.15. The normalized spacial score (nSPS) is 13.2. The zero-order valence-electron chi connectivity index (χ0n) is 18.1. The predicted octanol–water partition coefficient (Wildman–Crippen LogP) is 2.35. The molecule has 0 aliphatic rings. The molecule has 0 radical (unpaired) electrons. The van der Waals surface area contributed by atoms with Gasteiger partial charge in [-0.15, -0.1) is 0 Å². The van der Waals surface area contributed by atoms with Gasteiger partial charge in [0.1, 0.15) is 24.0 Å². The second kappa shape index (κ2) is 10.7. The quantitative estimate of drug-likeness (QED) is 0.580. The zero-order chi connectivity index (χ0) is 22.2. The Morgan fingerprint density at radius 1 is 1.10 bits per heavy atom. The number of hydrogen-bond acceptors (Lipinski definition) is 5. The fourth-order valence-electron chi connectivity index (χ4n) is 2.63. The number of primary amides is 1. The van der Waals surface area contributed by atoms with Crippen LogP contribution in [0.2, 0.25) is 0 Å². The Labute approximate surface area is 172 Å². The average Bonchev–Trinajstić information content (AvgIpc) is 2.56. The van der Waals surface area contributed by atoms with Gasteiger partial charge in [0, 0.05) is 6.42 Å². The van der Waals surface area contributed by atoms with Crippen molar-refractivity contribution in [2.45, 2.75) is 72.1 Å². The van der Waals surface area contributed by atoms with E-state index in [4.69, 9.17) is 15.2 Å². The number of hydrogen-bond donors (Lipinski definition) is 3. The predicted molar refractivity (Wildman–Crippen MR) is 111 cm³/mol. The van der Waals surface area contributed by atoms with Gasteiger partial charge in [0.25, 0.3) is 0 Å². The highest BCUT2D eigenvalue weighted by molar-refractivity contribution is 5.86. The third-order valence-corrected chi connectivity index (χ3v) is 3.96. The van der Waals surface area contributed by atoms with Crippen LogP contribution in [-0.2, 0) is 14.3 Å². The number of amides is 3. The summed E-state index contributed by atoms with van der Waals surface area (Å²) in [5.74, 6) is -0.208. The highest BCUT2D eigenvalue weighted by Crippen LogP contribution is 2.22. The molecule has 162 valence electrons. The summed E-state index contributed by atoms with van der Waals surface area (Å²) in [6.07, 6.45) is -0.701. The van der Waals surface area contributed by atoms with Crippen molar-refractivity contribution in [2.24, 2.45) is 5.73 Å². The fraction of sp³-hybridized carbons (Fsp3) is 0.571. The van der Waals surface area contributed by atoms with Crippen molar-refractivity contribution in [3.8, 4) is 5.75 Å². The second-order valence-electron chi connectivity index (χ2n) is 8.15. The lowest BCUT2D eigenvalue weighted by Crippen LogP contribution is -2.51. The van der Waals surface area contributed by atoms with Gasteiger partial charge >= 0.3 is 6.09 Å². The first-order valence-corrected chi connectivity index (χ1v) is 9.66. The first-order chi connectivity index (χ1) is 13.4. The Balaban J connectivity index is 2.69. The van der Waals surface area contributed by atoms with Crippen molar-refractivity contribution >= 4 is 17.9 Å². The first kappa shape index (κ1) is 24.3. The van der Waals surface area contributed by atoms with Gasteiger partial charge in [-0.1, -0.05) is 18.2 Å². The molecule has 0 aliphatic carbocycles. The smallest absolute Gasteiger partial charge is 0.408 e. The Kier molecular flexibility index (Phi) is 8.94. The van der Waals surface area contributed by atoms with Gasteiger partial charge in [-0.3, -0.25) is 9.59 Å². The highest BCUT2D eigenvalue weighted by Gasteiger charge is 2.25. The molecule has 1 aromatic rings. The summed E-state index contributed by atoms with van der Waals surface area (Å²) in [5, 5.41) is 5.30. The maximum absolute atomic E-state index is 12.6. The summed E-state index contributed by atoms with van der Waals surface area (Å²) in [4.78, 5) is 35.8.